The number of alkyl carbamates (subject to hydrolysis) is 1. The molecule has 0 aliphatic rings. The summed E-state index contributed by atoms with van der Waals surface area (Å²) in [7, 11) is -2.97. The van der Waals surface area contributed by atoms with E-state index in [1.165, 1.54) is 7.11 Å². The van der Waals surface area contributed by atoms with Gasteiger partial charge in [0.05, 0.1) is 7.11 Å². The Morgan fingerprint density at radius 3 is 2.22 bits per heavy atom. The van der Waals surface area contributed by atoms with E-state index >= 15 is 0 Å². The topological polar surface area (TPSA) is 131 Å². The predicted molar refractivity (Wildman–Crippen MR) is 95.5 cm³/mol. The van der Waals surface area contributed by atoms with Crippen molar-refractivity contribution < 1.29 is 63.0 Å². The summed E-state index contributed by atoms with van der Waals surface area (Å²) in [6.45, 7) is 4.96. The van der Waals surface area contributed by atoms with Crippen molar-refractivity contribution in [1.82, 2.24) is 10.6 Å². The van der Waals surface area contributed by atoms with E-state index in [-0.39, 0.29) is 37.5 Å². The van der Waals surface area contributed by atoms with Gasteiger partial charge in [0, 0.05) is 6.54 Å². The van der Waals surface area contributed by atoms with Gasteiger partial charge in [0.1, 0.15) is 23.1 Å². The second-order valence-corrected chi connectivity index (χ2v) is 8.01. The second kappa shape index (κ2) is 10.9. The van der Waals surface area contributed by atoms with Crippen molar-refractivity contribution in [3.05, 3.63) is 29.8 Å². The van der Waals surface area contributed by atoms with Gasteiger partial charge < -0.3 is 21.5 Å². The van der Waals surface area contributed by atoms with Crippen LogP contribution >= 0.6 is 0 Å². The largest absolute Gasteiger partial charge is 1.00 e. The van der Waals surface area contributed by atoms with Crippen LogP contribution in [0.5, 0.6) is 5.75 Å². The van der Waals surface area contributed by atoms with Crippen LogP contribution in [0.3, 0.4) is 0 Å². The van der Waals surface area contributed by atoms with Gasteiger partial charge in [0.2, 0.25) is 5.91 Å². The molecule has 0 aliphatic carbocycles. The van der Waals surface area contributed by atoms with Crippen molar-refractivity contribution in [1.29, 1.82) is 0 Å². The Balaban J connectivity index is 0. The van der Waals surface area contributed by atoms with Gasteiger partial charge in [-0.1, -0.05) is 12.1 Å². The fourth-order valence-corrected chi connectivity index (χ4v) is 2.56. The van der Waals surface area contributed by atoms with Crippen LogP contribution in [0.4, 0.5) is 4.79 Å². The zero-order valence-corrected chi connectivity index (χ0v) is 18.9. The summed E-state index contributed by atoms with van der Waals surface area (Å²) in [5.41, 5.74) is -0.0891. The number of methoxy groups -OCH3 is 1. The SMILES string of the molecule is COc1ccc(CNC(=O)[C@H](CS(=O)(=O)O)NC(=O)OC(C)(C)C)cc1.[H-].[Na+]. The molecule has 0 saturated carbocycles. The molecule has 0 fully saturated rings. The van der Waals surface area contributed by atoms with Crippen molar-refractivity contribution in [3.8, 4) is 5.75 Å². The Morgan fingerprint density at radius 2 is 1.78 bits per heavy atom. The average Bonchev–Trinajstić information content (AvgIpc) is 2.49. The summed E-state index contributed by atoms with van der Waals surface area (Å²) in [6, 6.07) is 5.35. The van der Waals surface area contributed by atoms with E-state index in [1.807, 2.05) is 0 Å². The van der Waals surface area contributed by atoms with Gasteiger partial charge in [-0.3, -0.25) is 9.35 Å². The minimum absolute atomic E-state index is 0. The molecule has 0 unspecified atom stereocenters. The molecule has 0 bridgehead atoms. The number of hydrogen-bond acceptors (Lipinski definition) is 6. The van der Waals surface area contributed by atoms with Crippen molar-refractivity contribution in [2.24, 2.45) is 0 Å². The molecule has 0 heterocycles. The van der Waals surface area contributed by atoms with Gasteiger partial charge in [-0.25, -0.2) is 4.79 Å². The maximum atomic E-state index is 12.2. The number of amides is 2. The number of ether oxygens (including phenoxy) is 2. The Kier molecular flexibility index (Phi) is 10.3. The Morgan fingerprint density at radius 1 is 1.22 bits per heavy atom. The monoisotopic (exact) mass is 412 g/mol. The summed E-state index contributed by atoms with van der Waals surface area (Å²) < 4.78 is 41.3. The smallest absolute Gasteiger partial charge is 1.00 e. The standard InChI is InChI=1S/C16H24N2O7S.Na.H/c1-16(2,3)25-15(20)18-13(10-26(21,22)23)14(19)17-9-11-5-7-12(24-4)8-6-11;;/h5-8,13H,9-10H2,1-4H3,(H,17,19)(H,18,20)(H,21,22,23);;/q;+1;-1/t13-;;/m0../s1. The van der Waals surface area contributed by atoms with Crippen molar-refractivity contribution >= 4 is 22.1 Å². The molecule has 2 amide bonds. The fraction of sp³-hybridized carbons (Fsp3) is 0.500. The average molecular weight is 412 g/mol. The van der Waals surface area contributed by atoms with E-state index in [0.717, 1.165) is 5.56 Å². The first-order valence-corrected chi connectivity index (χ1v) is 9.36. The molecule has 0 spiro atoms. The molecule has 27 heavy (non-hydrogen) atoms. The van der Waals surface area contributed by atoms with Gasteiger partial charge in [0.25, 0.3) is 10.1 Å². The number of nitrogens with one attached hydrogen (secondary N) is 2. The van der Waals surface area contributed by atoms with Gasteiger partial charge in [-0.15, -0.1) is 0 Å². The zero-order chi connectivity index (χ0) is 20.0. The second-order valence-electron chi connectivity index (χ2n) is 6.51. The van der Waals surface area contributed by atoms with E-state index in [0.29, 0.717) is 5.75 Å². The molecular weight excluding hydrogens is 387 g/mol. The molecule has 0 radical (unpaired) electrons. The summed E-state index contributed by atoms with van der Waals surface area (Å²) in [6.07, 6.45) is -0.967. The third-order valence-electron chi connectivity index (χ3n) is 3.01. The fourth-order valence-electron chi connectivity index (χ4n) is 1.90. The van der Waals surface area contributed by atoms with Crippen LogP contribution in [-0.2, 0) is 26.2 Å². The molecule has 1 aromatic rings. The Labute approximate surface area is 182 Å². The first kappa shape index (κ1) is 25.7. The first-order chi connectivity index (χ1) is 11.9. The quantitative estimate of drug-likeness (QED) is 0.356. The van der Waals surface area contributed by atoms with Gasteiger partial charge in [-0.2, -0.15) is 8.42 Å². The number of carbonyl (C=O) groups is 2. The Hall–Kier alpha value is -1.33. The van der Waals surface area contributed by atoms with Crippen LogP contribution in [0, 0.1) is 0 Å². The molecule has 1 aromatic carbocycles. The maximum absolute atomic E-state index is 12.2. The summed E-state index contributed by atoms with van der Waals surface area (Å²) in [5.74, 6) is -1.10. The van der Waals surface area contributed by atoms with Gasteiger partial charge >= 0.3 is 35.7 Å². The minimum Gasteiger partial charge on any atom is -1.00 e. The van der Waals surface area contributed by atoms with E-state index in [2.05, 4.69) is 10.6 Å². The molecule has 0 aliphatic heterocycles. The van der Waals surface area contributed by atoms with Gasteiger partial charge in [-0.05, 0) is 38.5 Å². The minimum atomic E-state index is -4.50. The molecule has 9 nitrogen and oxygen atoms in total. The molecule has 1 rings (SSSR count). The molecule has 3 N–H and O–H groups in total. The van der Waals surface area contributed by atoms with E-state index in [4.69, 9.17) is 14.0 Å². The Bertz CT molecular complexity index is 736. The van der Waals surface area contributed by atoms with Crippen molar-refractivity contribution in [2.75, 3.05) is 12.9 Å². The third-order valence-corrected chi connectivity index (χ3v) is 3.77. The van der Waals surface area contributed by atoms with Crippen LogP contribution in [0.25, 0.3) is 0 Å². The summed E-state index contributed by atoms with van der Waals surface area (Å²) in [4.78, 5) is 24.0. The molecule has 0 aromatic heterocycles. The number of benzene rings is 1. The predicted octanol–water partition coefficient (Wildman–Crippen LogP) is -1.79. The molecule has 0 saturated heterocycles. The number of rotatable bonds is 7. The molecule has 11 heteroatoms. The van der Waals surface area contributed by atoms with E-state index in [1.54, 1.807) is 45.0 Å². The third kappa shape index (κ3) is 11.2. The maximum Gasteiger partial charge on any atom is 1.00 e. The van der Waals surface area contributed by atoms with Gasteiger partial charge in [0.15, 0.2) is 0 Å². The van der Waals surface area contributed by atoms with Crippen molar-refractivity contribution in [2.45, 2.75) is 39.0 Å². The number of hydrogen-bond donors (Lipinski definition) is 3. The summed E-state index contributed by atoms with van der Waals surface area (Å²) >= 11 is 0. The van der Waals surface area contributed by atoms with Crippen LogP contribution in [-0.4, -0.2) is 49.5 Å². The van der Waals surface area contributed by atoms with E-state index in [9.17, 15) is 18.0 Å². The normalized spacial score (nSPS) is 12.3. The van der Waals surface area contributed by atoms with Crippen molar-refractivity contribution in [3.63, 3.8) is 0 Å². The van der Waals surface area contributed by atoms with Crippen LogP contribution in [0.1, 0.15) is 27.8 Å². The van der Waals surface area contributed by atoms with Crippen LogP contribution in [0.2, 0.25) is 0 Å². The first-order valence-electron chi connectivity index (χ1n) is 7.75. The number of carbonyl (C=O) groups excluding carboxylic acids is 2. The molecule has 148 valence electrons. The van der Waals surface area contributed by atoms with Crippen LogP contribution < -0.4 is 44.9 Å². The van der Waals surface area contributed by atoms with E-state index < -0.39 is 39.5 Å². The molecular formula is C16H25N2NaO7S. The molecule has 1 atom stereocenters. The summed E-state index contributed by atoms with van der Waals surface area (Å²) in [5, 5.41) is 4.65. The van der Waals surface area contributed by atoms with Crippen LogP contribution in [0.15, 0.2) is 24.3 Å². The zero-order valence-electron chi connectivity index (χ0n) is 17.1.